The van der Waals surface area contributed by atoms with Crippen LogP contribution in [0.2, 0.25) is 0 Å². The number of rotatable bonds is 4. The van der Waals surface area contributed by atoms with Crippen molar-refractivity contribution in [1.29, 1.82) is 0 Å². The molecule has 2 amide bonds. The molecule has 0 unspecified atom stereocenters. The number of fused-ring (bicyclic) bond motifs is 4. The van der Waals surface area contributed by atoms with Gasteiger partial charge < -0.3 is 24.3 Å². The summed E-state index contributed by atoms with van der Waals surface area (Å²) < 4.78 is 15.1. The molecule has 2 aliphatic rings. The molecule has 1 atom stereocenters. The van der Waals surface area contributed by atoms with Gasteiger partial charge in [-0.25, -0.2) is 9.48 Å². The van der Waals surface area contributed by atoms with Crippen molar-refractivity contribution in [2.45, 2.75) is 32.9 Å². The van der Waals surface area contributed by atoms with Gasteiger partial charge in [-0.05, 0) is 60.9 Å². The number of ether oxygens (including phenoxy) is 2. The molecule has 2 aromatic heterocycles. The maximum Gasteiger partial charge on any atom is 0.322 e. The minimum absolute atomic E-state index is 0.180. The molecule has 0 fully saturated rings. The van der Waals surface area contributed by atoms with Gasteiger partial charge in [0.05, 0.1) is 29.7 Å². The lowest BCUT2D eigenvalue weighted by atomic mass is 9.99. The Hall–Kier alpha value is -4.98. The van der Waals surface area contributed by atoms with E-state index >= 15 is 0 Å². The zero-order chi connectivity index (χ0) is 27.2. The summed E-state index contributed by atoms with van der Waals surface area (Å²) in [5, 5.41) is 8.05. The van der Waals surface area contributed by atoms with Crippen molar-refractivity contribution in [2.75, 3.05) is 12.1 Å². The summed E-state index contributed by atoms with van der Waals surface area (Å²) in [6.45, 7) is 4.71. The Labute approximate surface area is 232 Å². The standard InChI is InChI=1S/C32H29N5O3/c1-3-22-11-13-23(14-12-22)30-27-10-7-17-35(27)31-26(21(2)34-37(31)25-8-5-4-6-9-25)19-36(30)32(38)33-24-15-16-28-29(18-24)40-20-39-28/h4-18,30H,3,19-20H2,1-2H3,(H,33,38)/t30-/m1/s1. The zero-order valence-electron chi connectivity index (χ0n) is 22.4. The summed E-state index contributed by atoms with van der Waals surface area (Å²) in [4.78, 5) is 16.1. The van der Waals surface area contributed by atoms with Crippen LogP contribution in [0.5, 0.6) is 11.5 Å². The smallest absolute Gasteiger partial charge is 0.322 e. The first-order valence-electron chi connectivity index (χ1n) is 13.5. The van der Waals surface area contributed by atoms with E-state index in [1.165, 1.54) is 5.56 Å². The average molecular weight is 532 g/mol. The van der Waals surface area contributed by atoms with Crippen LogP contribution in [0.15, 0.2) is 91.1 Å². The first kappa shape index (κ1) is 24.1. The van der Waals surface area contributed by atoms with Crippen molar-refractivity contribution in [1.82, 2.24) is 19.2 Å². The molecule has 4 heterocycles. The van der Waals surface area contributed by atoms with Crippen molar-refractivity contribution >= 4 is 11.7 Å². The number of amides is 2. The lowest BCUT2D eigenvalue weighted by Gasteiger charge is -2.31. The van der Waals surface area contributed by atoms with Gasteiger partial charge in [-0.15, -0.1) is 0 Å². The number of nitrogens with one attached hydrogen (secondary N) is 1. The van der Waals surface area contributed by atoms with Crippen molar-refractivity contribution < 1.29 is 14.3 Å². The number of aryl methyl sites for hydroxylation is 2. The number of urea groups is 1. The van der Waals surface area contributed by atoms with E-state index in [9.17, 15) is 4.79 Å². The minimum Gasteiger partial charge on any atom is -0.454 e. The van der Waals surface area contributed by atoms with Gasteiger partial charge in [0, 0.05) is 23.5 Å². The molecule has 0 bridgehead atoms. The molecule has 8 nitrogen and oxygen atoms in total. The molecule has 8 heteroatoms. The van der Waals surface area contributed by atoms with Crippen LogP contribution in [0.4, 0.5) is 10.5 Å². The minimum atomic E-state index is -0.328. The molecule has 0 radical (unpaired) electrons. The lowest BCUT2D eigenvalue weighted by molar-refractivity contribution is 0.174. The molecule has 3 aromatic carbocycles. The predicted octanol–water partition coefficient (Wildman–Crippen LogP) is 6.40. The number of hydrogen-bond acceptors (Lipinski definition) is 4. The van der Waals surface area contributed by atoms with Crippen LogP contribution in [-0.2, 0) is 13.0 Å². The van der Waals surface area contributed by atoms with Crippen LogP contribution in [0.25, 0.3) is 11.5 Å². The zero-order valence-corrected chi connectivity index (χ0v) is 22.4. The van der Waals surface area contributed by atoms with E-state index in [0.717, 1.165) is 40.4 Å². The van der Waals surface area contributed by atoms with Crippen LogP contribution in [0.3, 0.4) is 0 Å². The highest BCUT2D eigenvalue weighted by molar-refractivity contribution is 5.90. The number of hydrogen-bond donors (Lipinski definition) is 1. The number of benzene rings is 3. The van der Waals surface area contributed by atoms with Crippen LogP contribution in [-0.4, -0.2) is 32.1 Å². The molecule has 0 aliphatic carbocycles. The Balaban J connectivity index is 1.37. The van der Waals surface area contributed by atoms with E-state index in [0.29, 0.717) is 23.7 Å². The van der Waals surface area contributed by atoms with Crippen molar-refractivity contribution in [3.05, 3.63) is 119 Å². The van der Waals surface area contributed by atoms with Gasteiger partial charge in [-0.2, -0.15) is 5.10 Å². The Morgan fingerprint density at radius 1 is 0.975 bits per heavy atom. The molecule has 2 aliphatic heterocycles. The second-order valence-corrected chi connectivity index (χ2v) is 10.1. The van der Waals surface area contributed by atoms with Crippen molar-refractivity contribution in [2.24, 2.45) is 0 Å². The van der Waals surface area contributed by atoms with Gasteiger partial charge in [0.25, 0.3) is 0 Å². The van der Waals surface area contributed by atoms with Gasteiger partial charge in [0.2, 0.25) is 6.79 Å². The summed E-state index contributed by atoms with van der Waals surface area (Å²) >= 11 is 0. The molecule has 5 aromatic rings. The quantitative estimate of drug-likeness (QED) is 0.291. The maximum absolute atomic E-state index is 14.2. The predicted molar refractivity (Wildman–Crippen MR) is 152 cm³/mol. The summed E-state index contributed by atoms with van der Waals surface area (Å²) in [5.74, 6) is 2.24. The molecule has 40 heavy (non-hydrogen) atoms. The number of aromatic nitrogens is 3. The van der Waals surface area contributed by atoms with Gasteiger partial charge in [0.1, 0.15) is 5.82 Å². The Morgan fingerprint density at radius 2 is 1.77 bits per heavy atom. The molecule has 7 rings (SSSR count). The van der Waals surface area contributed by atoms with E-state index < -0.39 is 0 Å². The van der Waals surface area contributed by atoms with Gasteiger partial charge in [0.15, 0.2) is 11.5 Å². The van der Waals surface area contributed by atoms with Gasteiger partial charge in [-0.1, -0.05) is 49.4 Å². The largest absolute Gasteiger partial charge is 0.454 e. The maximum atomic E-state index is 14.2. The Morgan fingerprint density at radius 3 is 2.58 bits per heavy atom. The summed E-state index contributed by atoms with van der Waals surface area (Å²) in [5.41, 5.74) is 6.76. The fraction of sp³-hybridized carbons (Fsp3) is 0.188. The van der Waals surface area contributed by atoms with E-state index in [-0.39, 0.29) is 18.9 Å². The highest BCUT2D eigenvalue weighted by Gasteiger charge is 2.36. The van der Waals surface area contributed by atoms with Crippen LogP contribution >= 0.6 is 0 Å². The number of para-hydroxylation sites is 1. The Bertz CT molecular complexity index is 1700. The molecule has 0 saturated carbocycles. The van der Waals surface area contributed by atoms with Crippen LogP contribution in [0.1, 0.15) is 41.0 Å². The van der Waals surface area contributed by atoms with Gasteiger partial charge >= 0.3 is 6.03 Å². The summed E-state index contributed by atoms with van der Waals surface area (Å²) in [6.07, 6.45) is 3.01. The first-order valence-corrected chi connectivity index (χ1v) is 13.5. The summed E-state index contributed by atoms with van der Waals surface area (Å²) in [6, 6.07) is 27.7. The SMILES string of the molecule is CCc1ccc([C@@H]2c3cccn3-c3c(c(C)nn3-c3ccccc3)CN2C(=O)Nc2ccc3c(c2)OCO3)cc1. The monoisotopic (exact) mass is 531 g/mol. The Kier molecular flexibility index (Phi) is 5.81. The van der Waals surface area contributed by atoms with Crippen LogP contribution in [0, 0.1) is 6.92 Å². The first-order chi connectivity index (χ1) is 19.6. The third kappa shape index (κ3) is 4.00. The molecule has 200 valence electrons. The van der Waals surface area contributed by atoms with E-state index in [2.05, 4.69) is 53.3 Å². The number of nitrogens with zero attached hydrogens (tertiary/aromatic N) is 4. The van der Waals surface area contributed by atoms with Crippen molar-refractivity contribution in [3.8, 4) is 23.0 Å². The number of carbonyl (C=O) groups is 1. The van der Waals surface area contributed by atoms with E-state index in [1.807, 2.05) is 65.0 Å². The fourth-order valence-electron chi connectivity index (χ4n) is 5.61. The molecular weight excluding hydrogens is 502 g/mol. The molecule has 1 N–H and O–H groups in total. The normalized spacial score (nSPS) is 15.3. The fourth-order valence-corrected chi connectivity index (χ4v) is 5.61. The third-order valence-corrected chi connectivity index (χ3v) is 7.68. The van der Waals surface area contributed by atoms with E-state index in [4.69, 9.17) is 14.6 Å². The number of carbonyl (C=O) groups excluding carboxylic acids is 1. The summed E-state index contributed by atoms with van der Waals surface area (Å²) in [7, 11) is 0. The average Bonchev–Trinajstić information content (AvgIpc) is 3.70. The second kappa shape index (κ2) is 9.64. The molecular formula is C32H29N5O3. The van der Waals surface area contributed by atoms with Gasteiger partial charge in [-0.3, -0.25) is 0 Å². The highest BCUT2D eigenvalue weighted by Crippen LogP contribution is 2.39. The third-order valence-electron chi connectivity index (χ3n) is 7.68. The lowest BCUT2D eigenvalue weighted by Crippen LogP contribution is -2.38. The molecule has 0 spiro atoms. The second-order valence-electron chi connectivity index (χ2n) is 10.1. The topological polar surface area (TPSA) is 73.6 Å². The van der Waals surface area contributed by atoms with E-state index in [1.54, 1.807) is 6.07 Å². The number of anilines is 1. The van der Waals surface area contributed by atoms with Crippen LogP contribution < -0.4 is 14.8 Å². The highest BCUT2D eigenvalue weighted by atomic mass is 16.7. The molecule has 0 saturated heterocycles. The van der Waals surface area contributed by atoms with Crippen molar-refractivity contribution in [3.63, 3.8) is 0 Å².